The zero-order chi connectivity index (χ0) is 19.1. The molecule has 2 aromatic rings. The quantitative estimate of drug-likeness (QED) is 0.415. The van der Waals surface area contributed by atoms with Crippen LogP contribution >= 0.6 is 0 Å². The molecule has 4 N–H and O–H groups in total. The van der Waals surface area contributed by atoms with Gasteiger partial charge in [0.2, 0.25) is 0 Å². The molecule has 2 nitrogen and oxygen atoms in total. The van der Waals surface area contributed by atoms with Gasteiger partial charge in [0.15, 0.2) is 0 Å². The zero-order valence-corrected chi connectivity index (χ0v) is 16.9. The van der Waals surface area contributed by atoms with Crippen LogP contribution in [0.3, 0.4) is 0 Å². The van der Waals surface area contributed by atoms with Crippen molar-refractivity contribution >= 4 is 11.4 Å². The van der Waals surface area contributed by atoms with E-state index in [1.54, 1.807) is 5.56 Å². The molecule has 1 aliphatic rings. The van der Waals surface area contributed by atoms with Gasteiger partial charge in [0, 0.05) is 11.4 Å². The maximum atomic E-state index is 5.86. The summed E-state index contributed by atoms with van der Waals surface area (Å²) in [5.74, 6) is 1.73. The Hall–Kier alpha value is -1.96. The number of benzene rings is 2. The van der Waals surface area contributed by atoms with Gasteiger partial charge in [-0.2, -0.15) is 0 Å². The lowest BCUT2D eigenvalue weighted by Gasteiger charge is -2.26. The topological polar surface area (TPSA) is 52.0 Å². The predicted octanol–water partition coefficient (Wildman–Crippen LogP) is 6.49. The van der Waals surface area contributed by atoms with E-state index in [-0.39, 0.29) is 0 Å². The van der Waals surface area contributed by atoms with Gasteiger partial charge >= 0.3 is 0 Å². The Kier molecular flexibility index (Phi) is 7.20. The van der Waals surface area contributed by atoms with Crippen LogP contribution in [0.5, 0.6) is 0 Å². The fourth-order valence-electron chi connectivity index (χ4n) is 4.45. The van der Waals surface area contributed by atoms with Crippen molar-refractivity contribution in [1.29, 1.82) is 0 Å². The van der Waals surface area contributed by atoms with Crippen LogP contribution in [0.25, 0.3) is 0 Å². The lowest BCUT2D eigenvalue weighted by molar-refractivity contribution is 0.348. The van der Waals surface area contributed by atoms with Gasteiger partial charge in [0.1, 0.15) is 0 Å². The third-order valence-electron chi connectivity index (χ3n) is 6.19. The zero-order valence-electron chi connectivity index (χ0n) is 16.9. The van der Waals surface area contributed by atoms with Gasteiger partial charge < -0.3 is 11.5 Å². The SMILES string of the molecule is CC1CCC(c2ccc(CCCCCCc3cc(N)cc(N)c3)cc2)CC1. The molecule has 2 aromatic carbocycles. The average molecular weight is 365 g/mol. The van der Waals surface area contributed by atoms with Crippen LogP contribution in [0.15, 0.2) is 42.5 Å². The van der Waals surface area contributed by atoms with Crippen molar-refractivity contribution in [3.63, 3.8) is 0 Å². The fraction of sp³-hybridized carbons (Fsp3) is 0.520. The second-order valence-electron chi connectivity index (χ2n) is 8.62. The molecule has 146 valence electrons. The van der Waals surface area contributed by atoms with Crippen molar-refractivity contribution in [3.05, 3.63) is 59.2 Å². The molecular weight excluding hydrogens is 328 g/mol. The third-order valence-corrected chi connectivity index (χ3v) is 6.19. The summed E-state index contributed by atoms with van der Waals surface area (Å²) in [7, 11) is 0. The Morgan fingerprint density at radius 1 is 0.704 bits per heavy atom. The van der Waals surface area contributed by atoms with Crippen molar-refractivity contribution in [2.24, 2.45) is 5.92 Å². The standard InChI is InChI=1S/C25H36N2/c1-19-8-12-22(13-9-19)23-14-10-20(11-15-23)6-4-2-3-5-7-21-16-24(26)18-25(27)17-21/h10-11,14-19,22H,2-9,12-13,26-27H2,1H3. The van der Waals surface area contributed by atoms with Gasteiger partial charge in [-0.1, -0.05) is 56.9 Å². The van der Waals surface area contributed by atoms with Crippen LogP contribution in [-0.2, 0) is 12.8 Å². The molecule has 0 unspecified atom stereocenters. The minimum absolute atomic E-state index is 0.774. The van der Waals surface area contributed by atoms with Crippen LogP contribution < -0.4 is 11.5 Å². The molecule has 3 rings (SSSR count). The van der Waals surface area contributed by atoms with Crippen LogP contribution in [0.2, 0.25) is 0 Å². The first-order chi connectivity index (χ1) is 13.1. The molecule has 0 radical (unpaired) electrons. The Morgan fingerprint density at radius 3 is 1.85 bits per heavy atom. The van der Waals surface area contributed by atoms with Crippen molar-refractivity contribution in [3.8, 4) is 0 Å². The highest BCUT2D eigenvalue weighted by Crippen LogP contribution is 2.35. The van der Waals surface area contributed by atoms with Crippen molar-refractivity contribution in [2.75, 3.05) is 11.5 Å². The lowest BCUT2D eigenvalue weighted by Crippen LogP contribution is -2.10. The number of hydrogen-bond donors (Lipinski definition) is 2. The number of aryl methyl sites for hydroxylation is 2. The first-order valence-corrected chi connectivity index (χ1v) is 10.8. The molecule has 0 aromatic heterocycles. The van der Waals surface area contributed by atoms with E-state index >= 15 is 0 Å². The summed E-state index contributed by atoms with van der Waals surface area (Å²) in [5.41, 5.74) is 17.6. The number of nitrogens with two attached hydrogens (primary N) is 2. The van der Waals surface area contributed by atoms with E-state index in [9.17, 15) is 0 Å². The van der Waals surface area contributed by atoms with Crippen LogP contribution in [-0.4, -0.2) is 0 Å². The Morgan fingerprint density at radius 2 is 1.26 bits per heavy atom. The van der Waals surface area contributed by atoms with Crippen molar-refractivity contribution in [2.45, 2.75) is 77.0 Å². The molecule has 1 fully saturated rings. The number of unbranched alkanes of at least 4 members (excludes halogenated alkanes) is 3. The second kappa shape index (κ2) is 9.82. The molecule has 1 saturated carbocycles. The molecule has 2 heteroatoms. The van der Waals surface area contributed by atoms with E-state index in [4.69, 9.17) is 11.5 Å². The van der Waals surface area contributed by atoms with Crippen molar-refractivity contribution < 1.29 is 0 Å². The van der Waals surface area contributed by atoms with E-state index < -0.39 is 0 Å². The van der Waals surface area contributed by atoms with Gasteiger partial charge in [0.05, 0.1) is 0 Å². The largest absolute Gasteiger partial charge is 0.399 e. The lowest BCUT2D eigenvalue weighted by atomic mass is 9.79. The fourth-order valence-corrected chi connectivity index (χ4v) is 4.45. The third kappa shape index (κ3) is 6.30. The predicted molar refractivity (Wildman–Crippen MR) is 118 cm³/mol. The maximum Gasteiger partial charge on any atom is 0.0337 e. The second-order valence-corrected chi connectivity index (χ2v) is 8.62. The highest BCUT2D eigenvalue weighted by molar-refractivity contribution is 5.54. The Balaban J connectivity index is 1.33. The van der Waals surface area contributed by atoms with E-state index in [1.165, 1.54) is 68.9 Å². The summed E-state index contributed by atoms with van der Waals surface area (Å²) in [6.45, 7) is 2.39. The van der Waals surface area contributed by atoms with E-state index in [1.807, 2.05) is 18.2 Å². The van der Waals surface area contributed by atoms with Gasteiger partial charge in [-0.3, -0.25) is 0 Å². The minimum Gasteiger partial charge on any atom is -0.399 e. The minimum atomic E-state index is 0.774. The number of nitrogen functional groups attached to an aromatic ring is 2. The van der Waals surface area contributed by atoms with Gasteiger partial charge in [-0.05, 0) is 85.3 Å². The molecule has 0 amide bonds. The molecule has 0 atom stereocenters. The molecule has 0 aliphatic heterocycles. The molecule has 27 heavy (non-hydrogen) atoms. The summed E-state index contributed by atoms with van der Waals surface area (Å²) in [4.78, 5) is 0. The number of anilines is 2. The molecule has 0 saturated heterocycles. The molecule has 0 bridgehead atoms. The molecule has 0 heterocycles. The normalized spacial score (nSPS) is 19.9. The van der Waals surface area contributed by atoms with Gasteiger partial charge in [0.25, 0.3) is 0 Å². The first-order valence-electron chi connectivity index (χ1n) is 10.8. The van der Waals surface area contributed by atoms with Crippen LogP contribution in [0.1, 0.15) is 80.9 Å². The molecule has 1 aliphatic carbocycles. The van der Waals surface area contributed by atoms with Gasteiger partial charge in [-0.15, -0.1) is 0 Å². The summed E-state index contributed by atoms with van der Waals surface area (Å²) < 4.78 is 0. The molecule has 0 spiro atoms. The molecular formula is C25H36N2. The van der Waals surface area contributed by atoms with Crippen molar-refractivity contribution in [1.82, 2.24) is 0 Å². The summed E-state index contributed by atoms with van der Waals surface area (Å²) in [6, 6.07) is 15.4. The number of hydrogen-bond acceptors (Lipinski definition) is 2. The Labute approximate surface area is 165 Å². The average Bonchev–Trinajstić information content (AvgIpc) is 2.65. The van der Waals surface area contributed by atoms with Crippen LogP contribution in [0, 0.1) is 5.92 Å². The Bertz CT molecular complexity index is 677. The highest BCUT2D eigenvalue weighted by Gasteiger charge is 2.19. The monoisotopic (exact) mass is 364 g/mol. The smallest absolute Gasteiger partial charge is 0.0337 e. The van der Waals surface area contributed by atoms with Gasteiger partial charge in [-0.25, -0.2) is 0 Å². The summed E-state index contributed by atoms with van der Waals surface area (Å²) >= 11 is 0. The first kappa shape index (κ1) is 19.8. The maximum absolute atomic E-state index is 5.86. The summed E-state index contributed by atoms with van der Waals surface area (Å²) in [5, 5.41) is 0. The summed E-state index contributed by atoms with van der Waals surface area (Å²) in [6.07, 6.45) is 12.9. The van der Waals surface area contributed by atoms with E-state index in [2.05, 4.69) is 31.2 Å². The van der Waals surface area contributed by atoms with E-state index in [0.717, 1.165) is 29.6 Å². The van der Waals surface area contributed by atoms with Crippen LogP contribution in [0.4, 0.5) is 11.4 Å². The van der Waals surface area contributed by atoms with E-state index in [0.29, 0.717) is 0 Å². The number of rotatable bonds is 8. The highest BCUT2D eigenvalue weighted by atomic mass is 14.6.